The summed E-state index contributed by atoms with van der Waals surface area (Å²) in [6, 6.07) is 13.5. The lowest BCUT2D eigenvalue weighted by Crippen LogP contribution is -2.37. The van der Waals surface area contributed by atoms with E-state index in [0.29, 0.717) is 31.7 Å². The first-order valence-electron chi connectivity index (χ1n) is 11.2. The Morgan fingerprint density at radius 2 is 1.37 bits per heavy atom. The molecule has 2 aromatic rings. The third kappa shape index (κ3) is 5.29. The van der Waals surface area contributed by atoms with Crippen LogP contribution in [-0.2, 0) is 6.54 Å². The third-order valence-corrected chi connectivity index (χ3v) is 7.10. The Morgan fingerprint density at radius 1 is 0.700 bits per heavy atom. The summed E-state index contributed by atoms with van der Waals surface area (Å²) >= 11 is 1.63. The maximum atomic E-state index is 13.1. The van der Waals surface area contributed by atoms with E-state index in [-0.39, 0.29) is 11.8 Å². The summed E-state index contributed by atoms with van der Waals surface area (Å²) in [6.07, 6.45) is 6.05. The van der Waals surface area contributed by atoms with Gasteiger partial charge in [0.15, 0.2) is 0 Å². The van der Waals surface area contributed by atoms with E-state index in [1.807, 2.05) is 46.2 Å². The molecule has 0 aliphatic carbocycles. The van der Waals surface area contributed by atoms with E-state index in [0.717, 1.165) is 17.8 Å². The van der Waals surface area contributed by atoms with Crippen molar-refractivity contribution in [3.63, 3.8) is 0 Å². The van der Waals surface area contributed by atoms with Crippen LogP contribution < -0.4 is 0 Å². The van der Waals surface area contributed by atoms with E-state index in [9.17, 15) is 9.59 Å². The first kappa shape index (κ1) is 21.1. The van der Waals surface area contributed by atoms with Crippen LogP contribution in [0.15, 0.2) is 42.5 Å². The van der Waals surface area contributed by atoms with E-state index in [1.54, 1.807) is 11.3 Å². The molecule has 160 valence electrons. The summed E-state index contributed by atoms with van der Waals surface area (Å²) in [5, 5.41) is 0. The number of benzene rings is 1. The highest BCUT2D eigenvalue weighted by molar-refractivity contribution is 7.14. The van der Waals surface area contributed by atoms with Crippen molar-refractivity contribution in [2.45, 2.75) is 38.6 Å². The molecule has 30 heavy (non-hydrogen) atoms. The molecule has 6 heteroatoms. The Bertz CT molecular complexity index is 843. The lowest BCUT2D eigenvalue weighted by Gasteiger charge is -2.22. The molecule has 0 radical (unpaired) electrons. The minimum Gasteiger partial charge on any atom is -0.337 e. The van der Waals surface area contributed by atoms with Gasteiger partial charge in [-0.3, -0.25) is 14.5 Å². The molecule has 1 aromatic carbocycles. The molecule has 2 aliphatic heterocycles. The maximum absolute atomic E-state index is 13.1. The van der Waals surface area contributed by atoms with E-state index < -0.39 is 0 Å². The Morgan fingerprint density at radius 3 is 2.07 bits per heavy atom. The van der Waals surface area contributed by atoms with E-state index in [1.165, 1.54) is 43.6 Å². The van der Waals surface area contributed by atoms with E-state index in [4.69, 9.17) is 0 Å². The number of carbonyl (C=O) groups is 2. The normalized spacial score (nSPS) is 18.7. The first-order chi connectivity index (χ1) is 14.7. The minimum absolute atomic E-state index is 0.0563. The fourth-order valence-corrected chi connectivity index (χ4v) is 5.35. The van der Waals surface area contributed by atoms with Crippen LogP contribution in [0, 0.1) is 0 Å². The molecule has 4 rings (SSSR count). The van der Waals surface area contributed by atoms with Gasteiger partial charge in [0.1, 0.15) is 0 Å². The molecule has 2 aliphatic rings. The zero-order valence-corrected chi connectivity index (χ0v) is 18.4. The standard InChI is InChI=1S/C24H31N3O2S/c28-23(20-9-4-3-5-10-20)26-15-8-16-27(18-17-26)24(29)22-12-11-21(30-22)19-25-13-6-1-2-7-14-25/h3-5,9-12H,1-2,6-8,13-19H2. The number of likely N-dealkylation sites (tertiary alicyclic amines) is 1. The molecule has 0 atom stereocenters. The van der Waals surface area contributed by atoms with Crippen LogP contribution in [0.25, 0.3) is 0 Å². The predicted molar refractivity (Wildman–Crippen MR) is 121 cm³/mol. The number of hydrogen-bond donors (Lipinski definition) is 0. The van der Waals surface area contributed by atoms with Crippen LogP contribution in [0.2, 0.25) is 0 Å². The Kier molecular flexibility index (Phi) is 7.18. The lowest BCUT2D eigenvalue weighted by molar-refractivity contribution is 0.0721. The van der Waals surface area contributed by atoms with Gasteiger partial charge in [-0.1, -0.05) is 31.0 Å². The van der Waals surface area contributed by atoms with E-state index in [2.05, 4.69) is 11.0 Å². The van der Waals surface area contributed by atoms with Crippen molar-refractivity contribution in [1.29, 1.82) is 0 Å². The number of rotatable bonds is 4. The predicted octanol–water partition coefficient (Wildman–Crippen LogP) is 4.11. The average Bonchev–Trinajstić information content (AvgIpc) is 2.96. The van der Waals surface area contributed by atoms with Crippen LogP contribution in [0.1, 0.15) is 57.0 Å². The second kappa shape index (κ2) is 10.2. The van der Waals surface area contributed by atoms with Crippen LogP contribution in [0.5, 0.6) is 0 Å². The average molecular weight is 426 g/mol. The van der Waals surface area contributed by atoms with Crippen LogP contribution in [0.4, 0.5) is 0 Å². The molecule has 0 saturated carbocycles. The zero-order chi connectivity index (χ0) is 20.8. The second-order valence-corrected chi connectivity index (χ2v) is 9.43. The molecular formula is C24H31N3O2S. The first-order valence-corrected chi connectivity index (χ1v) is 12.0. The number of thiophene rings is 1. The summed E-state index contributed by atoms with van der Waals surface area (Å²) in [4.78, 5) is 34.2. The van der Waals surface area contributed by atoms with E-state index >= 15 is 0 Å². The van der Waals surface area contributed by atoms with Crippen molar-refractivity contribution in [3.05, 3.63) is 57.8 Å². The molecule has 1 aromatic heterocycles. The van der Waals surface area contributed by atoms with Gasteiger partial charge in [0.2, 0.25) is 0 Å². The number of hydrogen-bond acceptors (Lipinski definition) is 4. The van der Waals surface area contributed by atoms with Gasteiger partial charge in [0.25, 0.3) is 11.8 Å². The topological polar surface area (TPSA) is 43.9 Å². The quantitative estimate of drug-likeness (QED) is 0.740. The molecule has 0 N–H and O–H groups in total. The largest absolute Gasteiger partial charge is 0.337 e. The number of carbonyl (C=O) groups excluding carboxylic acids is 2. The smallest absolute Gasteiger partial charge is 0.263 e. The van der Waals surface area contributed by atoms with Crippen LogP contribution in [0.3, 0.4) is 0 Å². The molecule has 0 unspecified atom stereocenters. The zero-order valence-electron chi connectivity index (χ0n) is 17.6. The summed E-state index contributed by atoms with van der Waals surface area (Å²) in [7, 11) is 0. The van der Waals surface area contributed by atoms with Gasteiger partial charge in [-0.15, -0.1) is 11.3 Å². The highest BCUT2D eigenvalue weighted by Gasteiger charge is 2.24. The summed E-state index contributed by atoms with van der Waals surface area (Å²) in [6.45, 7) is 5.87. The highest BCUT2D eigenvalue weighted by atomic mass is 32.1. The molecule has 2 amide bonds. The number of amides is 2. The summed E-state index contributed by atoms with van der Waals surface area (Å²) in [5.41, 5.74) is 0.716. The Balaban J connectivity index is 1.34. The van der Waals surface area contributed by atoms with Crippen LogP contribution in [-0.4, -0.2) is 65.8 Å². The van der Waals surface area contributed by atoms with Gasteiger partial charge in [0.05, 0.1) is 4.88 Å². The molecule has 0 spiro atoms. The second-order valence-electron chi connectivity index (χ2n) is 8.26. The monoisotopic (exact) mass is 425 g/mol. The van der Waals surface area contributed by atoms with Gasteiger partial charge in [-0.25, -0.2) is 0 Å². The van der Waals surface area contributed by atoms with Gasteiger partial charge < -0.3 is 9.80 Å². The lowest BCUT2D eigenvalue weighted by atomic mass is 10.2. The van der Waals surface area contributed by atoms with Crippen molar-refractivity contribution in [3.8, 4) is 0 Å². The SMILES string of the molecule is O=C(c1ccccc1)N1CCCN(C(=O)c2ccc(CN3CCCCCC3)s2)CC1. The van der Waals surface area contributed by atoms with Crippen molar-refractivity contribution >= 4 is 23.2 Å². The van der Waals surface area contributed by atoms with Crippen molar-refractivity contribution < 1.29 is 9.59 Å². The fourth-order valence-electron chi connectivity index (χ4n) is 4.34. The molecule has 2 saturated heterocycles. The molecule has 5 nitrogen and oxygen atoms in total. The van der Waals surface area contributed by atoms with Crippen LogP contribution >= 0.6 is 11.3 Å². The van der Waals surface area contributed by atoms with Crippen molar-refractivity contribution in [2.75, 3.05) is 39.3 Å². The fraction of sp³-hybridized carbons (Fsp3) is 0.500. The summed E-state index contributed by atoms with van der Waals surface area (Å²) in [5.74, 6) is 0.164. The molecule has 0 bridgehead atoms. The third-order valence-electron chi connectivity index (χ3n) is 6.04. The highest BCUT2D eigenvalue weighted by Crippen LogP contribution is 2.22. The number of nitrogens with zero attached hydrogens (tertiary/aromatic N) is 3. The molecule has 2 fully saturated rings. The van der Waals surface area contributed by atoms with Crippen molar-refractivity contribution in [1.82, 2.24) is 14.7 Å². The Hall–Kier alpha value is -2.18. The molecular weight excluding hydrogens is 394 g/mol. The Labute approximate surface area is 183 Å². The van der Waals surface area contributed by atoms with Gasteiger partial charge >= 0.3 is 0 Å². The van der Waals surface area contributed by atoms with Gasteiger partial charge in [0, 0.05) is 43.2 Å². The summed E-state index contributed by atoms with van der Waals surface area (Å²) < 4.78 is 0. The van der Waals surface area contributed by atoms with Gasteiger partial charge in [-0.2, -0.15) is 0 Å². The minimum atomic E-state index is 0.0563. The maximum Gasteiger partial charge on any atom is 0.263 e. The van der Waals surface area contributed by atoms with Gasteiger partial charge in [-0.05, 0) is 56.6 Å². The van der Waals surface area contributed by atoms with Crippen molar-refractivity contribution in [2.24, 2.45) is 0 Å². The molecule has 3 heterocycles.